The van der Waals surface area contributed by atoms with Gasteiger partial charge in [0.15, 0.2) is 6.04 Å². The number of nitrogens with two attached hydrogens (primary N) is 1. The van der Waals surface area contributed by atoms with E-state index in [4.69, 9.17) is 10.8 Å². The number of nitrogens with one attached hydrogen (secondary N) is 12. The van der Waals surface area contributed by atoms with E-state index in [1.807, 2.05) is 5.32 Å². The van der Waals surface area contributed by atoms with Crippen LogP contribution in [0.4, 0.5) is 0 Å². The number of amides is 10. The lowest BCUT2D eigenvalue weighted by Gasteiger charge is -2.26. The molecule has 0 aliphatic carbocycles. The van der Waals surface area contributed by atoms with Crippen molar-refractivity contribution >= 4 is 82.9 Å². The fourth-order valence-corrected chi connectivity index (χ4v) is 6.97. The summed E-state index contributed by atoms with van der Waals surface area (Å²) in [6, 6.07) is -17.7. The van der Waals surface area contributed by atoms with Crippen LogP contribution in [0.1, 0.15) is 64.3 Å². The summed E-state index contributed by atoms with van der Waals surface area (Å²) >= 11 is 0. The molecule has 0 saturated heterocycles. The van der Waals surface area contributed by atoms with Crippen molar-refractivity contribution in [3.05, 3.63) is 36.4 Å². The topological polar surface area (TPSA) is 604 Å². The maximum absolute atomic E-state index is 13.9. The Morgan fingerprint density at radius 1 is 0.488 bits per heavy atom. The predicted octanol–water partition coefficient (Wildman–Crippen LogP) is -10.2. The van der Waals surface area contributed by atoms with Crippen LogP contribution in [0.3, 0.4) is 0 Å². The number of aliphatic carboxylic acids is 4. The predicted molar refractivity (Wildman–Crippen MR) is 270 cm³/mol. The van der Waals surface area contributed by atoms with Gasteiger partial charge in [0.25, 0.3) is 0 Å². The van der Waals surface area contributed by atoms with Crippen LogP contribution in [0.15, 0.2) is 25.0 Å². The summed E-state index contributed by atoms with van der Waals surface area (Å²) in [5.41, 5.74) is 5.69. The molecule has 0 aromatic carbocycles. The van der Waals surface area contributed by atoms with Crippen molar-refractivity contribution in [2.75, 3.05) is 19.8 Å². The maximum atomic E-state index is 13.9. The van der Waals surface area contributed by atoms with Gasteiger partial charge in [-0.15, -0.1) is 0 Å². The second kappa shape index (κ2) is 34.1. The Labute approximate surface area is 463 Å². The van der Waals surface area contributed by atoms with E-state index in [1.165, 1.54) is 25.0 Å². The lowest BCUT2D eigenvalue weighted by Crippen LogP contribution is -2.61. The summed E-state index contributed by atoms with van der Waals surface area (Å²) in [6.45, 7) is 0.164. The molecule has 0 fully saturated rings. The van der Waals surface area contributed by atoms with Crippen LogP contribution in [-0.2, 0) is 80.0 Å². The zero-order chi connectivity index (χ0) is 62.0. The highest BCUT2D eigenvalue weighted by Crippen LogP contribution is 2.08. The Hall–Kier alpha value is -9.20. The normalized spacial score (nSPS) is 15.4. The van der Waals surface area contributed by atoms with E-state index in [0.717, 1.165) is 20.8 Å². The first-order valence-electron chi connectivity index (χ1n) is 24.6. The molecule has 12 atom stereocenters. The number of imidazole rings is 2. The SMILES string of the molecule is C[C@H](NC(=O)[C@H](CCC(=O)O)NC(=O)[C@@H](N)CO)C(=O)N[C@@H](CC(=O)O)C(=O)N[C@@H](Cc1c[nH]cn1)C(=O)N[C@@H](CCC(=O)O)C(=O)NCC(=O)N[C@H](C(=O)N[C@@H](Cc1c[nH]cn1)C(=O)N[C@@H](CO)C(=O)N[C@H](C(=O)O)[C@@H](C)O)[C@@H](C)O. The van der Waals surface area contributed by atoms with Gasteiger partial charge < -0.3 is 110 Å². The highest BCUT2D eigenvalue weighted by molar-refractivity contribution is 5.99. The number of carboxylic acids is 4. The fraction of sp³-hybridized carbons (Fsp3) is 0.556. The van der Waals surface area contributed by atoms with Gasteiger partial charge in [-0.1, -0.05) is 0 Å². The van der Waals surface area contributed by atoms with E-state index in [9.17, 15) is 103 Å². The third kappa shape index (κ3) is 24.0. The van der Waals surface area contributed by atoms with Gasteiger partial charge in [0.1, 0.15) is 54.4 Å². The number of carbonyl (C=O) groups is 14. The molecule has 2 aromatic heterocycles. The average Bonchev–Trinajstić information content (AvgIpc) is 4.14. The van der Waals surface area contributed by atoms with E-state index in [2.05, 4.69) is 67.8 Å². The molecule has 0 saturated carbocycles. The van der Waals surface area contributed by atoms with Crippen molar-refractivity contribution in [1.82, 2.24) is 73.1 Å². The van der Waals surface area contributed by atoms with Crippen molar-refractivity contribution in [3.63, 3.8) is 0 Å². The summed E-state index contributed by atoms with van der Waals surface area (Å²) in [5.74, 6) is -18.2. The van der Waals surface area contributed by atoms with Crippen molar-refractivity contribution in [2.45, 2.75) is 138 Å². The van der Waals surface area contributed by atoms with Crippen LogP contribution < -0.4 is 58.9 Å². The van der Waals surface area contributed by atoms with Gasteiger partial charge in [0.05, 0.1) is 62.4 Å². The zero-order valence-corrected chi connectivity index (χ0v) is 44.1. The highest BCUT2D eigenvalue weighted by Gasteiger charge is 2.36. The second-order valence-electron chi connectivity index (χ2n) is 18.1. The fourth-order valence-electron chi connectivity index (χ4n) is 6.97. The van der Waals surface area contributed by atoms with E-state index in [-0.39, 0.29) is 11.4 Å². The molecule has 0 radical (unpaired) electrons. The molecule has 0 spiro atoms. The molecule has 2 aromatic rings. The monoisotopic (exact) mass is 1170 g/mol. The smallest absolute Gasteiger partial charge is 0.328 e. The van der Waals surface area contributed by atoms with Gasteiger partial charge in [-0.3, -0.25) is 62.3 Å². The first-order valence-corrected chi connectivity index (χ1v) is 24.6. The van der Waals surface area contributed by atoms with Crippen molar-refractivity contribution in [1.29, 1.82) is 0 Å². The number of aliphatic hydroxyl groups excluding tert-OH is 4. The molecule has 0 aliphatic rings. The molecule has 2 rings (SSSR count). The van der Waals surface area contributed by atoms with Crippen molar-refractivity contribution in [3.8, 4) is 0 Å². The molecule has 37 nitrogen and oxygen atoms in total. The number of hydrogen-bond donors (Lipinski definition) is 21. The van der Waals surface area contributed by atoms with Crippen LogP contribution in [0.2, 0.25) is 0 Å². The number of nitrogens with zero attached hydrogens (tertiary/aromatic N) is 2. The molecule has 2 heterocycles. The molecule has 0 aliphatic heterocycles. The van der Waals surface area contributed by atoms with Crippen LogP contribution in [0.5, 0.6) is 0 Å². The Morgan fingerprint density at radius 3 is 1.35 bits per heavy atom. The quantitative estimate of drug-likeness (QED) is 0.0299. The number of aromatic amines is 2. The average molecular weight is 1170 g/mol. The van der Waals surface area contributed by atoms with Crippen molar-refractivity contribution < 1.29 is 108 Å². The molecule has 82 heavy (non-hydrogen) atoms. The molecule has 0 bridgehead atoms. The summed E-state index contributed by atoms with van der Waals surface area (Å²) in [6.07, 6.45) is -3.13. The summed E-state index contributed by atoms with van der Waals surface area (Å²) in [7, 11) is 0. The zero-order valence-electron chi connectivity index (χ0n) is 44.1. The van der Waals surface area contributed by atoms with Crippen molar-refractivity contribution in [2.24, 2.45) is 5.73 Å². The molecular weight excluding hydrogens is 1100 g/mol. The minimum absolute atomic E-state index is 0.0782. The largest absolute Gasteiger partial charge is 0.481 e. The van der Waals surface area contributed by atoms with Crippen LogP contribution in [0, 0.1) is 0 Å². The highest BCUT2D eigenvalue weighted by atomic mass is 16.4. The third-order valence-corrected chi connectivity index (χ3v) is 11.4. The maximum Gasteiger partial charge on any atom is 0.328 e. The van der Waals surface area contributed by atoms with Gasteiger partial charge in [0.2, 0.25) is 59.1 Å². The summed E-state index contributed by atoms with van der Waals surface area (Å²) in [5, 5.41) is 98.4. The number of carbonyl (C=O) groups excluding carboxylic acids is 10. The van der Waals surface area contributed by atoms with Gasteiger partial charge >= 0.3 is 23.9 Å². The first kappa shape index (κ1) is 68.9. The Balaban J connectivity index is 2.30. The van der Waals surface area contributed by atoms with E-state index >= 15 is 0 Å². The Morgan fingerprint density at radius 2 is 0.915 bits per heavy atom. The Kier molecular flexibility index (Phi) is 28.6. The van der Waals surface area contributed by atoms with Gasteiger partial charge in [-0.2, -0.15) is 0 Å². The standard InChI is InChI=1S/C45H67N15O22/c1-18(52-39(75)25(5-7-32(68)69)53-37(73)23(46)14-61)36(72)55-28(10-33(70)71)42(78)56-26(8-21-11-47-16-50-21)40(76)54-24(4-6-31(66)67)38(74)49-13-30(65)59-34(19(2)63)44(80)57-27(9-22-12-48-17-51-22)41(77)58-29(15-62)43(79)60-35(20(3)64)45(81)82/h11-12,16-20,23-29,34-35,61-64H,4-10,13-15,46H2,1-3H3,(H,47,50)(H,48,51)(H,49,74)(H,52,75)(H,53,73)(H,54,76)(H,55,72)(H,56,78)(H,57,80)(H,58,77)(H,59,65)(H,60,79)(H,66,67)(H,68,69)(H,70,71)(H,81,82)/t18-,19+,20+,23-,24-,25-,26-,27-,28-,29-,34-,35-/m0/s1. The summed E-state index contributed by atoms with van der Waals surface area (Å²) in [4.78, 5) is 192. The number of hydrogen-bond acceptors (Lipinski definition) is 21. The Bertz CT molecular complexity index is 2570. The van der Waals surface area contributed by atoms with E-state index in [0.29, 0.717) is 0 Å². The molecule has 10 amide bonds. The lowest BCUT2D eigenvalue weighted by molar-refractivity contribution is -0.145. The lowest BCUT2D eigenvalue weighted by atomic mass is 10.1. The third-order valence-electron chi connectivity index (χ3n) is 11.4. The number of aliphatic hydroxyl groups is 4. The van der Waals surface area contributed by atoms with E-state index < -0.39 is 220 Å². The number of aromatic nitrogens is 4. The van der Waals surface area contributed by atoms with Gasteiger partial charge in [-0.05, 0) is 33.6 Å². The molecule has 22 N–H and O–H groups in total. The first-order chi connectivity index (χ1) is 38.5. The van der Waals surface area contributed by atoms with E-state index in [1.54, 1.807) is 0 Å². The minimum atomic E-state index is -2.02. The summed E-state index contributed by atoms with van der Waals surface area (Å²) < 4.78 is 0. The van der Waals surface area contributed by atoms with Gasteiger partial charge in [-0.25, -0.2) is 14.8 Å². The molecule has 454 valence electrons. The second-order valence-corrected chi connectivity index (χ2v) is 18.1. The number of carboxylic acid groups (broad SMARTS) is 4. The van der Waals surface area contributed by atoms with Crippen LogP contribution in [0.25, 0.3) is 0 Å². The molecule has 0 unspecified atom stereocenters. The molecular formula is C45H67N15O22. The minimum Gasteiger partial charge on any atom is -0.481 e. The van der Waals surface area contributed by atoms with Crippen LogP contribution >= 0.6 is 0 Å². The molecule has 37 heteroatoms. The number of rotatable bonds is 37. The van der Waals surface area contributed by atoms with Crippen LogP contribution in [-0.4, -0.2) is 236 Å². The number of H-pyrrole nitrogens is 2. The van der Waals surface area contributed by atoms with Gasteiger partial charge in [0, 0.05) is 38.1 Å².